The molecule has 0 unspecified atom stereocenters. The summed E-state index contributed by atoms with van der Waals surface area (Å²) in [6.07, 6.45) is 5.30. The van der Waals surface area contributed by atoms with E-state index in [1.54, 1.807) is 6.07 Å². The first-order valence-corrected chi connectivity index (χ1v) is 7.14. The molecule has 1 fully saturated rings. The quantitative estimate of drug-likeness (QED) is 0.863. The molecule has 5 heteroatoms. The lowest BCUT2D eigenvalue weighted by Gasteiger charge is -2.11. The van der Waals surface area contributed by atoms with Crippen molar-refractivity contribution in [1.82, 2.24) is 9.55 Å². The van der Waals surface area contributed by atoms with E-state index >= 15 is 0 Å². The maximum absolute atomic E-state index is 13.1. The number of nitrogens with zero attached hydrogens (tertiary/aromatic N) is 1. The normalized spacial score (nSPS) is 16.5. The van der Waals surface area contributed by atoms with E-state index < -0.39 is 0 Å². The molecule has 1 saturated carbocycles. The third kappa shape index (κ3) is 2.72. The monoisotopic (exact) mass is 280 g/mol. The summed E-state index contributed by atoms with van der Waals surface area (Å²) < 4.78 is 21.6. The number of H-pyrrole nitrogens is 1. The van der Waals surface area contributed by atoms with Gasteiger partial charge in [-0.2, -0.15) is 0 Å². The molecular formula is C14H17FN2OS. The molecule has 0 amide bonds. The van der Waals surface area contributed by atoms with Crippen LogP contribution in [0.5, 0.6) is 0 Å². The van der Waals surface area contributed by atoms with Gasteiger partial charge in [0.2, 0.25) is 0 Å². The van der Waals surface area contributed by atoms with Gasteiger partial charge >= 0.3 is 0 Å². The molecule has 1 aromatic carbocycles. The largest absolute Gasteiger partial charge is 0.376 e. The number of hydrogen-bond acceptors (Lipinski definition) is 2. The van der Waals surface area contributed by atoms with Crippen molar-refractivity contribution >= 4 is 23.3 Å². The number of halogens is 1. The highest BCUT2D eigenvalue weighted by atomic mass is 32.1. The fraction of sp³-hybridized carbons (Fsp3) is 0.500. The summed E-state index contributed by atoms with van der Waals surface area (Å²) in [5.41, 5.74) is 1.67. The highest BCUT2D eigenvalue weighted by Crippen LogP contribution is 2.21. The first-order chi connectivity index (χ1) is 9.24. The molecule has 2 aromatic rings. The second-order valence-corrected chi connectivity index (χ2v) is 5.41. The Morgan fingerprint density at radius 3 is 2.95 bits per heavy atom. The van der Waals surface area contributed by atoms with E-state index in [9.17, 15) is 4.39 Å². The zero-order chi connectivity index (χ0) is 13.2. The molecule has 3 nitrogen and oxygen atoms in total. The molecule has 0 atom stereocenters. The average Bonchev–Trinajstić information content (AvgIpc) is 2.98. The van der Waals surface area contributed by atoms with E-state index in [1.165, 1.54) is 37.8 Å². The molecular weight excluding hydrogens is 263 g/mol. The van der Waals surface area contributed by atoms with Crippen molar-refractivity contribution in [3.8, 4) is 0 Å². The summed E-state index contributed by atoms with van der Waals surface area (Å²) >= 11 is 5.27. The molecule has 19 heavy (non-hydrogen) atoms. The lowest BCUT2D eigenvalue weighted by atomic mass is 10.3. The van der Waals surface area contributed by atoms with Gasteiger partial charge in [-0.15, -0.1) is 0 Å². The van der Waals surface area contributed by atoms with Crippen molar-refractivity contribution < 1.29 is 9.13 Å². The molecule has 102 valence electrons. The lowest BCUT2D eigenvalue weighted by Crippen LogP contribution is -2.13. The Morgan fingerprint density at radius 2 is 2.16 bits per heavy atom. The van der Waals surface area contributed by atoms with Gasteiger partial charge in [0, 0.05) is 6.54 Å². The fourth-order valence-corrected chi connectivity index (χ4v) is 3.02. The van der Waals surface area contributed by atoms with Crippen molar-refractivity contribution in [3.63, 3.8) is 0 Å². The number of imidazole rings is 1. The minimum atomic E-state index is -0.252. The molecule has 0 radical (unpaired) electrons. The number of rotatable bonds is 4. The average molecular weight is 280 g/mol. The molecule has 0 spiro atoms. The van der Waals surface area contributed by atoms with E-state index in [0.29, 0.717) is 24.0 Å². The highest BCUT2D eigenvalue weighted by molar-refractivity contribution is 7.71. The van der Waals surface area contributed by atoms with Gasteiger partial charge < -0.3 is 14.3 Å². The second-order valence-electron chi connectivity index (χ2n) is 5.02. The van der Waals surface area contributed by atoms with E-state index in [2.05, 4.69) is 4.98 Å². The predicted molar refractivity (Wildman–Crippen MR) is 75.3 cm³/mol. The number of nitrogens with one attached hydrogen (secondary N) is 1. The van der Waals surface area contributed by atoms with Gasteiger partial charge in [0.1, 0.15) is 5.82 Å². The zero-order valence-electron chi connectivity index (χ0n) is 10.7. The molecule has 1 N–H and O–H groups in total. The van der Waals surface area contributed by atoms with Gasteiger partial charge in [0.25, 0.3) is 0 Å². The summed E-state index contributed by atoms with van der Waals surface area (Å²) in [6, 6.07) is 4.69. The van der Waals surface area contributed by atoms with Crippen molar-refractivity contribution in [1.29, 1.82) is 0 Å². The molecule has 3 rings (SSSR count). The Labute approximate surface area is 116 Å². The molecule has 0 saturated heterocycles. The number of aromatic nitrogens is 2. The van der Waals surface area contributed by atoms with E-state index in [1.807, 2.05) is 4.57 Å². The highest BCUT2D eigenvalue weighted by Gasteiger charge is 2.15. The molecule has 0 aliphatic heterocycles. The Kier molecular flexibility index (Phi) is 3.66. The number of aromatic amines is 1. The predicted octanol–water partition coefficient (Wildman–Crippen LogP) is 3.80. The fourth-order valence-electron chi connectivity index (χ4n) is 2.72. The van der Waals surface area contributed by atoms with E-state index in [4.69, 9.17) is 17.0 Å². The summed E-state index contributed by atoms with van der Waals surface area (Å²) in [7, 11) is 0. The summed E-state index contributed by atoms with van der Waals surface area (Å²) in [5, 5.41) is 0. The Hall–Kier alpha value is -1.20. The van der Waals surface area contributed by atoms with Gasteiger partial charge in [0.05, 0.1) is 23.7 Å². The van der Waals surface area contributed by atoms with Crippen LogP contribution in [-0.4, -0.2) is 22.3 Å². The SMILES string of the molecule is Fc1ccc2c(c1)[nH]c(=S)n2CCOC1CCCC1. The summed E-state index contributed by atoms with van der Waals surface area (Å²) in [4.78, 5) is 3.03. The lowest BCUT2D eigenvalue weighted by molar-refractivity contribution is 0.0533. The van der Waals surface area contributed by atoms with Crippen molar-refractivity contribution in [2.24, 2.45) is 0 Å². The molecule has 1 aliphatic carbocycles. The van der Waals surface area contributed by atoms with Crippen LogP contribution in [0.15, 0.2) is 18.2 Å². The van der Waals surface area contributed by atoms with Crippen LogP contribution in [0.2, 0.25) is 0 Å². The number of benzene rings is 1. The standard InChI is InChI=1S/C14H17FN2OS/c15-10-5-6-13-12(9-10)16-14(19)17(13)7-8-18-11-3-1-2-4-11/h5-6,9,11H,1-4,7-8H2,(H,16,19). The summed E-state index contributed by atoms with van der Waals surface area (Å²) in [5.74, 6) is -0.252. The Bertz CT molecular complexity index is 628. The van der Waals surface area contributed by atoms with Gasteiger partial charge in [-0.05, 0) is 43.3 Å². The first-order valence-electron chi connectivity index (χ1n) is 6.74. The number of hydrogen-bond donors (Lipinski definition) is 1. The van der Waals surface area contributed by atoms with Crippen LogP contribution in [0, 0.1) is 10.6 Å². The molecule has 0 bridgehead atoms. The zero-order valence-corrected chi connectivity index (χ0v) is 11.5. The third-order valence-corrected chi connectivity index (χ3v) is 4.03. The summed E-state index contributed by atoms with van der Waals surface area (Å²) in [6.45, 7) is 1.37. The smallest absolute Gasteiger partial charge is 0.178 e. The van der Waals surface area contributed by atoms with Crippen LogP contribution in [0.1, 0.15) is 25.7 Å². The number of fused-ring (bicyclic) bond motifs is 1. The Balaban J connectivity index is 1.73. The van der Waals surface area contributed by atoms with Crippen molar-refractivity contribution in [2.45, 2.75) is 38.3 Å². The van der Waals surface area contributed by atoms with Gasteiger partial charge in [0.15, 0.2) is 4.77 Å². The van der Waals surface area contributed by atoms with Gasteiger partial charge in [-0.25, -0.2) is 4.39 Å². The molecule has 1 aromatic heterocycles. The van der Waals surface area contributed by atoms with Gasteiger partial charge in [-0.3, -0.25) is 0 Å². The van der Waals surface area contributed by atoms with Crippen LogP contribution in [-0.2, 0) is 11.3 Å². The minimum Gasteiger partial charge on any atom is -0.376 e. The van der Waals surface area contributed by atoms with Crippen LogP contribution in [0.25, 0.3) is 11.0 Å². The third-order valence-electron chi connectivity index (χ3n) is 3.71. The van der Waals surface area contributed by atoms with Crippen LogP contribution < -0.4 is 0 Å². The second kappa shape index (κ2) is 5.43. The maximum Gasteiger partial charge on any atom is 0.178 e. The Morgan fingerprint density at radius 1 is 1.37 bits per heavy atom. The van der Waals surface area contributed by atoms with Crippen molar-refractivity contribution in [3.05, 3.63) is 28.8 Å². The topological polar surface area (TPSA) is 29.9 Å². The first kappa shape index (κ1) is 12.8. The van der Waals surface area contributed by atoms with E-state index in [0.717, 1.165) is 11.0 Å². The van der Waals surface area contributed by atoms with Gasteiger partial charge in [-0.1, -0.05) is 12.8 Å². The van der Waals surface area contributed by atoms with Crippen LogP contribution in [0.4, 0.5) is 4.39 Å². The van der Waals surface area contributed by atoms with Crippen LogP contribution in [0.3, 0.4) is 0 Å². The minimum absolute atomic E-state index is 0.252. The number of ether oxygens (including phenoxy) is 1. The van der Waals surface area contributed by atoms with Crippen LogP contribution >= 0.6 is 12.2 Å². The molecule has 1 heterocycles. The van der Waals surface area contributed by atoms with Crippen molar-refractivity contribution in [2.75, 3.05) is 6.61 Å². The molecule has 1 aliphatic rings. The maximum atomic E-state index is 13.1. The van der Waals surface area contributed by atoms with E-state index in [-0.39, 0.29) is 5.82 Å².